The molecule has 0 amide bonds. The average Bonchev–Trinajstić information content (AvgIpc) is 2.91. The molecule has 0 heterocycles. The van der Waals surface area contributed by atoms with Crippen molar-refractivity contribution in [2.45, 2.75) is 188 Å². The summed E-state index contributed by atoms with van der Waals surface area (Å²) in [6.07, 6.45) is 35.5. The van der Waals surface area contributed by atoms with Crippen molar-refractivity contribution >= 4 is 0 Å². The Morgan fingerprint density at radius 1 is 0.216 bits per heavy atom. The summed E-state index contributed by atoms with van der Waals surface area (Å²) in [6, 6.07) is 0. The zero-order valence-corrected chi connectivity index (χ0v) is 26.8. The highest BCUT2D eigenvalue weighted by Gasteiger charge is 2.09. The predicted octanol–water partition coefficient (Wildman–Crippen LogP) is 11.4. The van der Waals surface area contributed by atoms with Crippen molar-refractivity contribution in [2.24, 2.45) is 0 Å². The van der Waals surface area contributed by atoms with Crippen molar-refractivity contribution < 1.29 is 0 Å². The number of hydrogen-bond acceptors (Lipinski definition) is 2. The summed E-state index contributed by atoms with van der Waals surface area (Å²) >= 11 is 0. The van der Waals surface area contributed by atoms with Gasteiger partial charge in [-0.05, 0) is 71.4 Å². The highest BCUT2D eigenvalue weighted by Crippen LogP contribution is 2.12. The minimum Gasteiger partial charge on any atom is -0.303 e. The summed E-state index contributed by atoms with van der Waals surface area (Å²) in [6.45, 7) is 17.3. The van der Waals surface area contributed by atoms with Gasteiger partial charge in [-0.15, -0.1) is 0 Å². The minimum atomic E-state index is 1.33. The highest BCUT2D eigenvalue weighted by atomic mass is 15.1. The van der Waals surface area contributed by atoms with Gasteiger partial charge in [0.25, 0.3) is 0 Å². The van der Waals surface area contributed by atoms with Crippen molar-refractivity contribution in [3.05, 3.63) is 0 Å². The number of rotatable bonds is 32. The molecule has 2 nitrogen and oxygen atoms in total. The van der Waals surface area contributed by atoms with E-state index in [0.717, 1.165) is 0 Å². The molecule has 2 heteroatoms. The maximum atomic E-state index is 2.84. The van der Waals surface area contributed by atoms with Gasteiger partial charge in [0.05, 0.1) is 0 Å². The summed E-state index contributed by atoms with van der Waals surface area (Å²) in [5.41, 5.74) is 0. The lowest BCUT2D eigenvalue weighted by Crippen LogP contribution is -2.32. The van der Waals surface area contributed by atoms with Crippen LogP contribution in [0.25, 0.3) is 0 Å². The van der Waals surface area contributed by atoms with Gasteiger partial charge in [-0.1, -0.05) is 156 Å². The van der Waals surface area contributed by atoms with Crippen LogP contribution in [0.5, 0.6) is 0 Å². The number of nitrogens with zero attached hydrogens (tertiary/aromatic N) is 2. The van der Waals surface area contributed by atoms with Crippen molar-refractivity contribution in [3.63, 3.8) is 0 Å². The molecule has 0 rings (SSSR count). The van der Waals surface area contributed by atoms with E-state index in [0.29, 0.717) is 0 Å². The van der Waals surface area contributed by atoms with Crippen LogP contribution in [0.4, 0.5) is 0 Å². The smallest absolute Gasteiger partial charge is 0.000655 e. The Kier molecular flexibility index (Phi) is 32.1. The average molecular weight is 523 g/mol. The van der Waals surface area contributed by atoms with Gasteiger partial charge in [0.2, 0.25) is 0 Å². The Morgan fingerprint density at radius 2 is 0.405 bits per heavy atom. The van der Waals surface area contributed by atoms with Gasteiger partial charge in [0.1, 0.15) is 0 Å². The number of unbranched alkanes of at least 4 members (excludes halogenated alkanes) is 20. The summed E-state index contributed by atoms with van der Waals surface area (Å²) in [7, 11) is 0. The Bertz CT molecular complexity index is 329. The lowest BCUT2D eigenvalue weighted by Gasteiger charge is -2.26. The topological polar surface area (TPSA) is 6.48 Å². The van der Waals surface area contributed by atoms with E-state index in [1.165, 1.54) is 200 Å². The predicted molar refractivity (Wildman–Crippen MR) is 171 cm³/mol. The Labute approximate surface area is 237 Å². The molecular weight excluding hydrogens is 448 g/mol. The summed E-state index contributed by atoms with van der Waals surface area (Å²) in [5, 5.41) is 0. The van der Waals surface area contributed by atoms with E-state index in [1.807, 2.05) is 0 Å². The minimum absolute atomic E-state index is 1.33. The third-order valence-corrected chi connectivity index (χ3v) is 8.26. The second kappa shape index (κ2) is 32.1. The Morgan fingerprint density at radius 3 is 0.649 bits per heavy atom. The normalized spacial score (nSPS) is 11.8. The van der Waals surface area contributed by atoms with E-state index < -0.39 is 0 Å². The van der Waals surface area contributed by atoms with Crippen molar-refractivity contribution in [3.8, 4) is 0 Å². The Hall–Kier alpha value is -0.0800. The monoisotopic (exact) mass is 523 g/mol. The van der Waals surface area contributed by atoms with Crippen LogP contribution in [0.2, 0.25) is 0 Å². The zero-order chi connectivity index (χ0) is 27.1. The van der Waals surface area contributed by atoms with Crippen LogP contribution in [-0.2, 0) is 0 Å². The van der Waals surface area contributed by atoms with E-state index in [9.17, 15) is 0 Å². The summed E-state index contributed by atoms with van der Waals surface area (Å²) in [5.74, 6) is 0. The first kappa shape index (κ1) is 36.9. The van der Waals surface area contributed by atoms with Gasteiger partial charge < -0.3 is 9.80 Å². The van der Waals surface area contributed by atoms with E-state index in [1.54, 1.807) is 0 Å². The molecule has 0 bridgehead atoms. The SMILES string of the molecule is CCCCCCCCN(CCCCCCCC)CCCN(CCCCCCCC)CCCCCCCC. The molecule has 0 fully saturated rings. The second-order valence-electron chi connectivity index (χ2n) is 12.1. The molecule has 0 saturated carbocycles. The van der Waals surface area contributed by atoms with Crippen molar-refractivity contribution in [1.82, 2.24) is 9.80 Å². The quantitative estimate of drug-likeness (QED) is 0.0810. The van der Waals surface area contributed by atoms with Crippen LogP contribution in [0, 0.1) is 0 Å². The molecule has 0 radical (unpaired) electrons. The molecule has 37 heavy (non-hydrogen) atoms. The molecule has 0 aliphatic heterocycles. The fraction of sp³-hybridized carbons (Fsp3) is 1.00. The van der Waals surface area contributed by atoms with Crippen LogP contribution in [0.15, 0.2) is 0 Å². The van der Waals surface area contributed by atoms with E-state index in [2.05, 4.69) is 37.5 Å². The third kappa shape index (κ3) is 28.7. The second-order valence-corrected chi connectivity index (χ2v) is 12.1. The van der Waals surface area contributed by atoms with Gasteiger partial charge in [0.15, 0.2) is 0 Å². The highest BCUT2D eigenvalue weighted by molar-refractivity contribution is 4.65. The molecule has 0 unspecified atom stereocenters. The lowest BCUT2D eigenvalue weighted by molar-refractivity contribution is 0.215. The standard InChI is InChI=1S/C35H74N2/c1-5-9-13-17-21-25-30-36(31-26-22-18-14-10-6-2)34-29-35-37(32-27-23-19-15-11-7-3)33-28-24-20-16-12-8-4/h5-35H2,1-4H3. The van der Waals surface area contributed by atoms with E-state index >= 15 is 0 Å². The molecule has 0 aromatic rings. The van der Waals surface area contributed by atoms with Crippen molar-refractivity contribution in [2.75, 3.05) is 39.3 Å². The third-order valence-electron chi connectivity index (χ3n) is 8.26. The van der Waals surface area contributed by atoms with Gasteiger partial charge in [-0.2, -0.15) is 0 Å². The van der Waals surface area contributed by atoms with Crippen LogP contribution in [0.3, 0.4) is 0 Å². The van der Waals surface area contributed by atoms with E-state index in [4.69, 9.17) is 0 Å². The first-order valence-electron chi connectivity index (χ1n) is 17.7. The Balaban J connectivity index is 4.43. The molecule has 0 atom stereocenters. The molecule has 0 aliphatic rings. The molecule has 224 valence electrons. The van der Waals surface area contributed by atoms with E-state index in [-0.39, 0.29) is 0 Å². The molecule has 0 saturated heterocycles. The molecule has 0 aliphatic carbocycles. The fourth-order valence-corrected chi connectivity index (χ4v) is 5.65. The van der Waals surface area contributed by atoms with Crippen LogP contribution in [-0.4, -0.2) is 49.1 Å². The van der Waals surface area contributed by atoms with Crippen LogP contribution >= 0.6 is 0 Å². The lowest BCUT2D eigenvalue weighted by atomic mass is 10.1. The fourth-order valence-electron chi connectivity index (χ4n) is 5.65. The zero-order valence-electron chi connectivity index (χ0n) is 26.8. The maximum Gasteiger partial charge on any atom is -0.000655 e. The first-order chi connectivity index (χ1) is 18.3. The van der Waals surface area contributed by atoms with Gasteiger partial charge in [-0.3, -0.25) is 0 Å². The van der Waals surface area contributed by atoms with Gasteiger partial charge in [0, 0.05) is 0 Å². The van der Waals surface area contributed by atoms with Crippen LogP contribution < -0.4 is 0 Å². The molecule has 0 spiro atoms. The summed E-state index contributed by atoms with van der Waals surface area (Å²) in [4.78, 5) is 5.68. The summed E-state index contributed by atoms with van der Waals surface area (Å²) < 4.78 is 0. The molecule has 0 N–H and O–H groups in total. The molecular formula is C35H74N2. The molecule has 0 aromatic heterocycles. The molecule has 0 aromatic carbocycles. The largest absolute Gasteiger partial charge is 0.303 e. The van der Waals surface area contributed by atoms with Crippen LogP contribution in [0.1, 0.15) is 188 Å². The van der Waals surface area contributed by atoms with Crippen molar-refractivity contribution in [1.29, 1.82) is 0 Å². The van der Waals surface area contributed by atoms with Gasteiger partial charge >= 0.3 is 0 Å². The first-order valence-corrected chi connectivity index (χ1v) is 17.7. The van der Waals surface area contributed by atoms with Gasteiger partial charge in [-0.25, -0.2) is 0 Å². The maximum absolute atomic E-state index is 2.84. The number of hydrogen-bond donors (Lipinski definition) is 0.